The Morgan fingerprint density at radius 1 is 1.12 bits per heavy atom. The molecule has 1 heterocycles. The molecule has 0 spiro atoms. The topological polar surface area (TPSA) is 106 Å². The minimum absolute atomic E-state index is 0.00961. The van der Waals surface area contributed by atoms with Crippen molar-refractivity contribution in [2.45, 2.75) is 49.4 Å². The lowest BCUT2D eigenvalue weighted by Gasteiger charge is -2.22. The molecule has 0 unspecified atom stereocenters. The van der Waals surface area contributed by atoms with E-state index < -0.39 is 16.4 Å². The van der Waals surface area contributed by atoms with Crippen LogP contribution in [0, 0.1) is 17.0 Å². The molecule has 9 nitrogen and oxygen atoms in total. The molecular formula is C24H27N3O6S. The summed E-state index contributed by atoms with van der Waals surface area (Å²) in [5.74, 6) is 0.820. The number of carbonyl (C=O) groups excluding carboxylic acids is 1. The molecule has 180 valence electrons. The number of benzene rings is 2. The van der Waals surface area contributed by atoms with Crippen LogP contribution in [0.5, 0.6) is 17.4 Å². The van der Waals surface area contributed by atoms with Crippen molar-refractivity contribution in [3.8, 4) is 17.4 Å². The number of hydrogen-bond donors (Lipinski definition) is 0. The molecule has 2 aromatic carbocycles. The van der Waals surface area contributed by atoms with Crippen LogP contribution in [-0.2, 0) is 16.8 Å². The third-order valence-electron chi connectivity index (χ3n) is 4.88. The Bertz CT molecular complexity index is 1220. The maximum atomic E-state index is 13.0. The second-order valence-corrected chi connectivity index (χ2v) is 9.52. The van der Waals surface area contributed by atoms with E-state index in [0.29, 0.717) is 32.5 Å². The fourth-order valence-corrected chi connectivity index (χ4v) is 4.28. The molecule has 0 radical (unpaired) electrons. The van der Waals surface area contributed by atoms with Crippen LogP contribution in [0.2, 0.25) is 0 Å². The van der Waals surface area contributed by atoms with Crippen LogP contribution in [0.3, 0.4) is 0 Å². The van der Waals surface area contributed by atoms with Crippen LogP contribution in [0.4, 0.5) is 5.69 Å². The van der Waals surface area contributed by atoms with Gasteiger partial charge in [-0.1, -0.05) is 30.0 Å². The van der Waals surface area contributed by atoms with E-state index in [1.54, 1.807) is 48.0 Å². The van der Waals surface area contributed by atoms with Crippen LogP contribution in [-0.4, -0.2) is 34.9 Å². The van der Waals surface area contributed by atoms with E-state index in [2.05, 4.69) is 5.10 Å². The fourth-order valence-electron chi connectivity index (χ4n) is 3.26. The Hall–Kier alpha value is -3.53. The van der Waals surface area contributed by atoms with Crippen LogP contribution in [0.25, 0.3) is 0 Å². The summed E-state index contributed by atoms with van der Waals surface area (Å²) in [6.45, 7) is 7.59. The first-order chi connectivity index (χ1) is 16.0. The number of para-hydroxylation sites is 1. The second kappa shape index (κ2) is 10.2. The van der Waals surface area contributed by atoms with Crippen molar-refractivity contribution in [1.29, 1.82) is 0 Å². The van der Waals surface area contributed by atoms with Gasteiger partial charge in [-0.05, 0) is 51.5 Å². The van der Waals surface area contributed by atoms with E-state index in [0.717, 1.165) is 11.8 Å². The number of ether oxygens (including phenoxy) is 3. The maximum Gasteiger partial charge on any atom is 0.317 e. The van der Waals surface area contributed by atoms with E-state index in [1.165, 1.54) is 20.3 Å². The van der Waals surface area contributed by atoms with Gasteiger partial charge in [0.2, 0.25) is 5.88 Å². The summed E-state index contributed by atoms with van der Waals surface area (Å²) >= 11 is 1.15. The molecule has 3 rings (SSSR count). The second-order valence-electron chi connectivity index (χ2n) is 8.47. The number of aromatic nitrogens is 2. The normalized spacial score (nSPS) is 11.2. The van der Waals surface area contributed by atoms with Crippen LogP contribution < -0.4 is 14.2 Å². The minimum atomic E-state index is -0.498. The van der Waals surface area contributed by atoms with Gasteiger partial charge in [0.1, 0.15) is 0 Å². The molecule has 0 aliphatic heterocycles. The van der Waals surface area contributed by atoms with Crippen molar-refractivity contribution < 1.29 is 23.9 Å². The van der Waals surface area contributed by atoms with Gasteiger partial charge in [-0.2, -0.15) is 5.10 Å². The van der Waals surface area contributed by atoms with Gasteiger partial charge in [0.05, 0.1) is 46.6 Å². The lowest BCUT2D eigenvalue weighted by Crippen LogP contribution is -2.26. The number of hydrogen-bond acceptors (Lipinski definition) is 8. The average Bonchev–Trinajstić information content (AvgIpc) is 3.09. The molecule has 0 bridgehead atoms. The molecule has 0 amide bonds. The highest BCUT2D eigenvalue weighted by Crippen LogP contribution is 2.43. The van der Waals surface area contributed by atoms with Gasteiger partial charge < -0.3 is 14.2 Å². The lowest BCUT2D eigenvalue weighted by atomic mass is 10.1. The number of rotatable bonds is 8. The lowest BCUT2D eigenvalue weighted by molar-refractivity contribution is -0.387. The van der Waals surface area contributed by atoms with Gasteiger partial charge in [-0.3, -0.25) is 14.9 Å². The molecule has 0 aliphatic carbocycles. The zero-order valence-electron chi connectivity index (χ0n) is 19.9. The van der Waals surface area contributed by atoms with Crippen LogP contribution >= 0.6 is 11.8 Å². The Morgan fingerprint density at radius 2 is 1.79 bits per heavy atom. The number of aryl methyl sites for hydroxylation is 1. The number of esters is 1. The molecule has 0 atom stereocenters. The van der Waals surface area contributed by atoms with Gasteiger partial charge in [-0.15, -0.1) is 0 Å². The molecule has 0 saturated carbocycles. The molecular weight excluding hydrogens is 458 g/mol. The monoisotopic (exact) mass is 485 g/mol. The maximum absolute atomic E-state index is 13.0. The molecule has 0 N–H and O–H groups in total. The first-order valence-corrected chi connectivity index (χ1v) is 11.3. The Kier molecular flexibility index (Phi) is 7.51. The van der Waals surface area contributed by atoms with E-state index in [4.69, 9.17) is 14.2 Å². The first-order valence-electron chi connectivity index (χ1n) is 10.5. The number of nitrogens with zero attached hydrogens (tertiary/aromatic N) is 3. The van der Waals surface area contributed by atoms with Crippen LogP contribution in [0.1, 0.15) is 32.0 Å². The highest BCUT2D eigenvalue weighted by atomic mass is 32.2. The first kappa shape index (κ1) is 25.1. The summed E-state index contributed by atoms with van der Waals surface area (Å²) in [4.78, 5) is 25.0. The average molecular weight is 486 g/mol. The highest BCUT2D eigenvalue weighted by molar-refractivity contribution is 7.99. The molecule has 0 aliphatic rings. The smallest absolute Gasteiger partial charge is 0.317 e. The Balaban J connectivity index is 1.96. The summed E-state index contributed by atoms with van der Waals surface area (Å²) in [6, 6.07) is 11.6. The zero-order chi connectivity index (χ0) is 25.0. The number of carbonyl (C=O) groups is 1. The number of nitro benzene ring substituents is 1. The molecule has 34 heavy (non-hydrogen) atoms. The van der Waals surface area contributed by atoms with Gasteiger partial charge >= 0.3 is 5.97 Å². The number of nitro groups is 1. The quantitative estimate of drug-likeness (QED) is 0.244. The zero-order valence-corrected chi connectivity index (χ0v) is 20.8. The van der Waals surface area contributed by atoms with E-state index in [9.17, 15) is 14.9 Å². The van der Waals surface area contributed by atoms with Crippen molar-refractivity contribution in [2.75, 3.05) is 14.2 Å². The summed E-state index contributed by atoms with van der Waals surface area (Å²) in [5, 5.41) is 16.1. The SMILES string of the molecule is COc1ccc(CC(=O)Oc2c(Sc3ccccc3[N+](=O)[O-])c(C)nn2C(C)(C)C)cc1OC. The molecule has 0 fully saturated rings. The predicted octanol–water partition coefficient (Wildman–Crippen LogP) is 5.17. The minimum Gasteiger partial charge on any atom is -0.493 e. The third-order valence-corrected chi connectivity index (χ3v) is 6.12. The van der Waals surface area contributed by atoms with E-state index >= 15 is 0 Å². The van der Waals surface area contributed by atoms with Gasteiger partial charge in [0, 0.05) is 6.07 Å². The summed E-state index contributed by atoms with van der Waals surface area (Å²) in [7, 11) is 3.06. The van der Waals surface area contributed by atoms with Crippen molar-refractivity contribution >= 4 is 23.4 Å². The largest absolute Gasteiger partial charge is 0.493 e. The third kappa shape index (κ3) is 5.51. The fraction of sp³-hybridized carbons (Fsp3) is 0.333. The van der Waals surface area contributed by atoms with Crippen molar-refractivity contribution in [2.24, 2.45) is 0 Å². The van der Waals surface area contributed by atoms with Gasteiger partial charge in [0.25, 0.3) is 5.69 Å². The van der Waals surface area contributed by atoms with Crippen LogP contribution in [0.15, 0.2) is 52.3 Å². The van der Waals surface area contributed by atoms with E-state index in [1.807, 2.05) is 20.8 Å². The van der Waals surface area contributed by atoms with Crippen molar-refractivity contribution in [1.82, 2.24) is 9.78 Å². The predicted molar refractivity (Wildman–Crippen MR) is 128 cm³/mol. The van der Waals surface area contributed by atoms with Crippen molar-refractivity contribution in [3.05, 3.63) is 63.8 Å². The molecule has 1 aromatic heterocycles. The summed E-state index contributed by atoms with van der Waals surface area (Å²) < 4.78 is 18.0. The molecule has 3 aromatic rings. The molecule has 10 heteroatoms. The van der Waals surface area contributed by atoms with Crippen molar-refractivity contribution in [3.63, 3.8) is 0 Å². The Morgan fingerprint density at radius 3 is 2.41 bits per heavy atom. The van der Waals surface area contributed by atoms with Gasteiger partial charge in [0.15, 0.2) is 11.5 Å². The standard InChI is InChI=1S/C24H27N3O6S/c1-15-22(34-20-10-8-7-9-17(20)27(29)30)23(26(25-15)24(2,3)4)33-21(28)14-16-11-12-18(31-5)19(13-16)32-6/h7-13H,14H2,1-6H3. The molecule has 0 saturated heterocycles. The van der Waals surface area contributed by atoms with Gasteiger partial charge in [-0.25, -0.2) is 4.68 Å². The summed E-state index contributed by atoms with van der Waals surface area (Å²) in [6.07, 6.45) is -0.00961. The van der Waals surface area contributed by atoms with E-state index in [-0.39, 0.29) is 18.0 Å². The number of methoxy groups -OCH3 is 2. The summed E-state index contributed by atoms with van der Waals surface area (Å²) in [5.41, 5.74) is 0.768. The Labute approximate surface area is 202 Å². The highest BCUT2D eigenvalue weighted by Gasteiger charge is 2.29.